The van der Waals surface area contributed by atoms with Crippen molar-refractivity contribution in [3.63, 3.8) is 0 Å². The Kier molecular flexibility index (Phi) is 3.54. The summed E-state index contributed by atoms with van der Waals surface area (Å²) in [4.78, 5) is 4.96. The van der Waals surface area contributed by atoms with Gasteiger partial charge in [-0.3, -0.25) is 4.90 Å². The van der Waals surface area contributed by atoms with E-state index in [1.54, 1.807) is 0 Å². The summed E-state index contributed by atoms with van der Waals surface area (Å²) in [7, 11) is 2.20. The molecule has 4 nitrogen and oxygen atoms in total. The molecular formula is C12H25N3O. The highest BCUT2D eigenvalue weighted by atomic mass is 16.5. The summed E-state index contributed by atoms with van der Waals surface area (Å²) < 4.78 is 5.50. The van der Waals surface area contributed by atoms with Crippen LogP contribution in [-0.4, -0.2) is 68.3 Å². The van der Waals surface area contributed by atoms with Gasteiger partial charge in [-0.1, -0.05) is 6.92 Å². The minimum absolute atomic E-state index is 0.148. The lowest BCUT2D eigenvalue weighted by Gasteiger charge is -2.41. The number of rotatable bonds is 2. The second kappa shape index (κ2) is 4.61. The van der Waals surface area contributed by atoms with Crippen molar-refractivity contribution >= 4 is 0 Å². The molecule has 2 aliphatic heterocycles. The van der Waals surface area contributed by atoms with Crippen LogP contribution in [0.3, 0.4) is 0 Å². The van der Waals surface area contributed by atoms with Crippen molar-refractivity contribution in [3.05, 3.63) is 0 Å². The van der Waals surface area contributed by atoms with Gasteiger partial charge in [0.05, 0.1) is 13.2 Å². The Morgan fingerprint density at radius 1 is 1.44 bits per heavy atom. The first kappa shape index (κ1) is 12.3. The van der Waals surface area contributed by atoms with E-state index in [2.05, 4.69) is 30.7 Å². The van der Waals surface area contributed by atoms with Gasteiger partial charge in [0.1, 0.15) is 0 Å². The zero-order chi connectivity index (χ0) is 11.8. The van der Waals surface area contributed by atoms with E-state index < -0.39 is 0 Å². The van der Waals surface area contributed by atoms with Gasteiger partial charge in [-0.15, -0.1) is 0 Å². The fourth-order valence-corrected chi connectivity index (χ4v) is 2.67. The van der Waals surface area contributed by atoms with Crippen molar-refractivity contribution in [1.82, 2.24) is 9.80 Å². The van der Waals surface area contributed by atoms with Crippen LogP contribution in [0.4, 0.5) is 0 Å². The maximum absolute atomic E-state index is 6.13. The summed E-state index contributed by atoms with van der Waals surface area (Å²) in [5, 5.41) is 0. The Labute approximate surface area is 98.7 Å². The van der Waals surface area contributed by atoms with Crippen LogP contribution in [0, 0.1) is 5.41 Å². The van der Waals surface area contributed by atoms with Crippen molar-refractivity contribution in [3.8, 4) is 0 Å². The molecule has 0 aliphatic carbocycles. The Morgan fingerprint density at radius 2 is 2.19 bits per heavy atom. The van der Waals surface area contributed by atoms with E-state index in [0.29, 0.717) is 6.04 Å². The summed E-state index contributed by atoms with van der Waals surface area (Å²) in [6.45, 7) is 10.6. The molecule has 2 rings (SSSR count). The van der Waals surface area contributed by atoms with E-state index in [4.69, 9.17) is 10.5 Å². The van der Waals surface area contributed by atoms with Crippen LogP contribution in [0.2, 0.25) is 0 Å². The second-order valence-corrected chi connectivity index (χ2v) is 5.84. The molecular weight excluding hydrogens is 202 g/mol. The van der Waals surface area contributed by atoms with Gasteiger partial charge in [0, 0.05) is 43.7 Å². The lowest BCUT2D eigenvalue weighted by Crippen LogP contribution is -2.55. The number of nitrogens with zero attached hydrogens (tertiary/aromatic N) is 2. The molecule has 2 heterocycles. The monoisotopic (exact) mass is 227 g/mol. The van der Waals surface area contributed by atoms with Gasteiger partial charge in [0.15, 0.2) is 0 Å². The van der Waals surface area contributed by atoms with Crippen molar-refractivity contribution < 1.29 is 4.74 Å². The highest BCUT2D eigenvalue weighted by Crippen LogP contribution is 2.28. The zero-order valence-electron chi connectivity index (χ0n) is 10.8. The molecule has 2 saturated heterocycles. The van der Waals surface area contributed by atoms with Gasteiger partial charge in [-0.2, -0.15) is 0 Å². The van der Waals surface area contributed by atoms with Crippen molar-refractivity contribution in [2.45, 2.75) is 25.9 Å². The SMILES string of the molecule is CC1CN(CC2(C)COCC2N)CCN1C. The Bertz CT molecular complexity index is 248. The van der Waals surface area contributed by atoms with E-state index >= 15 is 0 Å². The molecule has 94 valence electrons. The fraction of sp³-hybridized carbons (Fsp3) is 1.00. The summed E-state index contributed by atoms with van der Waals surface area (Å²) in [5.74, 6) is 0. The van der Waals surface area contributed by atoms with Gasteiger partial charge in [-0.05, 0) is 14.0 Å². The molecule has 2 fully saturated rings. The molecule has 0 aromatic heterocycles. The number of hydrogen-bond acceptors (Lipinski definition) is 4. The predicted octanol–water partition coefficient (Wildman–Crippen LogP) is -0.0139. The van der Waals surface area contributed by atoms with Gasteiger partial charge >= 0.3 is 0 Å². The molecule has 4 heteroatoms. The lowest BCUT2D eigenvalue weighted by atomic mass is 9.85. The molecule has 0 saturated carbocycles. The maximum atomic E-state index is 6.13. The quantitative estimate of drug-likeness (QED) is 0.720. The van der Waals surface area contributed by atoms with E-state index in [9.17, 15) is 0 Å². The van der Waals surface area contributed by atoms with E-state index in [0.717, 1.165) is 39.4 Å². The molecule has 0 radical (unpaired) electrons. The summed E-state index contributed by atoms with van der Waals surface area (Å²) >= 11 is 0. The number of hydrogen-bond donors (Lipinski definition) is 1. The average Bonchev–Trinajstić information content (AvgIpc) is 2.53. The molecule has 0 aromatic carbocycles. The van der Waals surface area contributed by atoms with Crippen LogP contribution in [0.5, 0.6) is 0 Å². The van der Waals surface area contributed by atoms with Crippen molar-refractivity contribution in [2.24, 2.45) is 11.1 Å². The number of likely N-dealkylation sites (N-methyl/N-ethyl adjacent to an activating group) is 1. The van der Waals surface area contributed by atoms with Crippen LogP contribution in [0.25, 0.3) is 0 Å². The van der Waals surface area contributed by atoms with Gasteiger partial charge < -0.3 is 15.4 Å². The van der Waals surface area contributed by atoms with Crippen LogP contribution < -0.4 is 5.73 Å². The highest BCUT2D eigenvalue weighted by Gasteiger charge is 2.39. The average molecular weight is 227 g/mol. The Morgan fingerprint density at radius 3 is 2.75 bits per heavy atom. The topological polar surface area (TPSA) is 41.7 Å². The second-order valence-electron chi connectivity index (χ2n) is 5.84. The highest BCUT2D eigenvalue weighted by molar-refractivity contribution is 4.93. The third kappa shape index (κ3) is 2.40. The maximum Gasteiger partial charge on any atom is 0.0624 e. The van der Waals surface area contributed by atoms with E-state index in [1.165, 1.54) is 0 Å². The largest absolute Gasteiger partial charge is 0.379 e. The standard InChI is InChI=1S/C12H25N3O/c1-10-6-15(5-4-14(10)3)8-12(2)9-16-7-11(12)13/h10-11H,4-9,13H2,1-3H3. The van der Waals surface area contributed by atoms with Crippen LogP contribution in [0.1, 0.15) is 13.8 Å². The molecule has 16 heavy (non-hydrogen) atoms. The third-order valence-corrected chi connectivity index (χ3v) is 4.25. The molecule has 0 bridgehead atoms. The van der Waals surface area contributed by atoms with E-state index in [-0.39, 0.29) is 11.5 Å². The summed E-state index contributed by atoms with van der Waals surface area (Å²) in [6, 6.07) is 0.846. The fourth-order valence-electron chi connectivity index (χ4n) is 2.67. The summed E-state index contributed by atoms with van der Waals surface area (Å²) in [6.07, 6.45) is 0. The number of ether oxygens (including phenoxy) is 1. The molecule has 2 N–H and O–H groups in total. The van der Waals surface area contributed by atoms with Crippen LogP contribution in [0.15, 0.2) is 0 Å². The first-order chi connectivity index (χ1) is 7.51. The molecule has 0 spiro atoms. The minimum atomic E-state index is 0.148. The van der Waals surface area contributed by atoms with Crippen LogP contribution in [-0.2, 0) is 4.74 Å². The number of piperazine rings is 1. The smallest absolute Gasteiger partial charge is 0.0624 e. The summed E-state index contributed by atoms with van der Waals surface area (Å²) in [5.41, 5.74) is 6.28. The molecule has 0 aromatic rings. The zero-order valence-corrected chi connectivity index (χ0v) is 10.8. The minimum Gasteiger partial charge on any atom is -0.379 e. The molecule has 0 amide bonds. The lowest BCUT2D eigenvalue weighted by molar-refractivity contribution is 0.0599. The Hall–Kier alpha value is -0.160. The van der Waals surface area contributed by atoms with Gasteiger partial charge in [0.25, 0.3) is 0 Å². The Balaban J connectivity index is 1.90. The van der Waals surface area contributed by atoms with Gasteiger partial charge in [-0.25, -0.2) is 0 Å². The molecule has 3 unspecified atom stereocenters. The normalized spacial score (nSPS) is 42.8. The first-order valence-corrected chi connectivity index (χ1v) is 6.27. The predicted molar refractivity (Wildman–Crippen MR) is 65.4 cm³/mol. The molecule has 3 atom stereocenters. The van der Waals surface area contributed by atoms with Crippen LogP contribution >= 0.6 is 0 Å². The molecule has 2 aliphatic rings. The van der Waals surface area contributed by atoms with Crippen molar-refractivity contribution in [1.29, 1.82) is 0 Å². The number of nitrogens with two attached hydrogens (primary N) is 1. The first-order valence-electron chi connectivity index (χ1n) is 6.27. The van der Waals surface area contributed by atoms with Crippen molar-refractivity contribution in [2.75, 3.05) is 46.4 Å². The van der Waals surface area contributed by atoms with Gasteiger partial charge in [0.2, 0.25) is 0 Å². The van der Waals surface area contributed by atoms with E-state index in [1.807, 2.05) is 0 Å². The third-order valence-electron chi connectivity index (χ3n) is 4.25.